The van der Waals surface area contributed by atoms with Gasteiger partial charge in [0.2, 0.25) is 0 Å². The summed E-state index contributed by atoms with van der Waals surface area (Å²) in [6.45, 7) is 0. The van der Waals surface area contributed by atoms with Gasteiger partial charge in [-0.2, -0.15) is 0 Å². The number of nitrogens with two attached hydrogens (primary N) is 1. The second kappa shape index (κ2) is 6.08. The van der Waals surface area contributed by atoms with E-state index in [1.807, 2.05) is 24.3 Å². The number of carbonyl (C=O) groups excluding carboxylic acids is 1. The Morgan fingerprint density at radius 2 is 1.95 bits per heavy atom. The molecule has 1 amide bonds. The van der Waals surface area contributed by atoms with Gasteiger partial charge in [0, 0.05) is 18.8 Å². The molecule has 2 aromatic carbocycles. The van der Waals surface area contributed by atoms with Crippen LogP contribution in [0.4, 0.5) is 11.4 Å². The average molecular weight is 271 g/mol. The van der Waals surface area contributed by atoms with E-state index < -0.39 is 0 Å². The minimum Gasteiger partial charge on any atom is -0.497 e. The minimum absolute atomic E-state index is 0.146. The SMILES string of the molecule is COc1cccc(N(C)C(=O)c2ccccc2NN)c1. The van der Waals surface area contributed by atoms with Crippen LogP contribution < -0.4 is 20.9 Å². The molecular formula is C15H17N3O2. The van der Waals surface area contributed by atoms with Crippen LogP contribution in [0.15, 0.2) is 48.5 Å². The first-order valence-electron chi connectivity index (χ1n) is 6.15. The molecule has 20 heavy (non-hydrogen) atoms. The first-order valence-corrected chi connectivity index (χ1v) is 6.15. The third kappa shape index (κ3) is 2.73. The van der Waals surface area contributed by atoms with Crippen LogP contribution in [0.5, 0.6) is 5.75 Å². The van der Waals surface area contributed by atoms with Crippen molar-refractivity contribution in [1.82, 2.24) is 0 Å². The fraction of sp³-hybridized carbons (Fsp3) is 0.133. The summed E-state index contributed by atoms with van der Waals surface area (Å²) in [5.74, 6) is 5.99. The van der Waals surface area contributed by atoms with Crippen LogP contribution in [0, 0.1) is 0 Å². The number of rotatable bonds is 4. The van der Waals surface area contributed by atoms with Crippen molar-refractivity contribution < 1.29 is 9.53 Å². The fourth-order valence-electron chi connectivity index (χ4n) is 1.91. The highest BCUT2D eigenvalue weighted by Crippen LogP contribution is 2.23. The number of hydrogen-bond donors (Lipinski definition) is 2. The van der Waals surface area contributed by atoms with Gasteiger partial charge in [-0.1, -0.05) is 18.2 Å². The van der Waals surface area contributed by atoms with Gasteiger partial charge in [0.1, 0.15) is 5.75 Å². The molecule has 2 rings (SSSR count). The minimum atomic E-state index is -0.146. The van der Waals surface area contributed by atoms with Gasteiger partial charge in [-0.3, -0.25) is 10.6 Å². The lowest BCUT2D eigenvalue weighted by Gasteiger charge is -2.19. The van der Waals surface area contributed by atoms with Gasteiger partial charge in [-0.25, -0.2) is 0 Å². The Bertz CT molecular complexity index is 614. The maximum atomic E-state index is 12.5. The molecule has 0 spiro atoms. The van der Waals surface area contributed by atoms with E-state index in [0.29, 0.717) is 17.0 Å². The summed E-state index contributed by atoms with van der Waals surface area (Å²) in [5, 5.41) is 0. The van der Waals surface area contributed by atoms with Crippen LogP contribution in [0.3, 0.4) is 0 Å². The summed E-state index contributed by atoms with van der Waals surface area (Å²) in [7, 11) is 3.30. The number of nitrogens with one attached hydrogen (secondary N) is 1. The highest BCUT2D eigenvalue weighted by Gasteiger charge is 2.16. The number of methoxy groups -OCH3 is 1. The van der Waals surface area contributed by atoms with Gasteiger partial charge in [0.05, 0.1) is 18.4 Å². The molecule has 0 saturated carbocycles. The average Bonchev–Trinajstić information content (AvgIpc) is 2.53. The van der Waals surface area contributed by atoms with Gasteiger partial charge < -0.3 is 15.1 Å². The number of nitrogens with zero attached hydrogens (tertiary/aromatic N) is 1. The Hall–Kier alpha value is -2.53. The number of amides is 1. The number of para-hydroxylation sites is 1. The van der Waals surface area contributed by atoms with Gasteiger partial charge in [-0.05, 0) is 24.3 Å². The van der Waals surface area contributed by atoms with E-state index in [0.717, 1.165) is 5.69 Å². The molecule has 5 heteroatoms. The fourth-order valence-corrected chi connectivity index (χ4v) is 1.91. The molecule has 2 aromatic rings. The van der Waals surface area contributed by atoms with Gasteiger partial charge >= 0.3 is 0 Å². The standard InChI is InChI=1S/C15H17N3O2/c1-18(11-6-5-7-12(10-11)20-2)15(19)13-8-3-4-9-14(13)17-16/h3-10,17H,16H2,1-2H3. The van der Waals surface area contributed by atoms with Crippen molar-refractivity contribution in [2.45, 2.75) is 0 Å². The van der Waals surface area contributed by atoms with Crippen LogP contribution in [-0.2, 0) is 0 Å². The second-order valence-corrected chi connectivity index (χ2v) is 4.26. The number of hydrazine groups is 1. The molecule has 0 bridgehead atoms. The predicted molar refractivity (Wildman–Crippen MR) is 80.0 cm³/mol. The van der Waals surface area contributed by atoms with Crippen molar-refractivity contribution in [3.63, 3.8) is 0 Å². The molecule has 5 nitrogen and oxygen atoms in total. The van der Waals surface area contributed by atoms with Crippen LogP contribution >= 0.6 is 0 Å². The monoisotopic (exact) mass is 271 g/mol. The zero-order valence-electron chi connectivity index (χ0n) is 11.5. The van der Waals surface area contributed by atoms with E-state index in [1.54, 1.807) is 43.3 Å². The lowest BCUT2D eigenvalue weighted by molar-refractivity contribution is 0.0993. The second-order valence-electron chi connectivity index (χ2n) is 4.26. The number of hydrogen-bond acceptors (Lipinski definition) is 4. The summed E-state index contributed by atoms with van der Waals surface area (Å²) in [6.07, 6.45) is 0. The van der Waals surface area contributed by atoms with Crippen LogP contribution in [-0.4, -0.2) is 20.1 Å². The van der Waals surface area contributed by atoms with Crippen LogP contribution in [0.2, 0.25) is 0 Å². The normalized spacial score (nSPS) is 9.95. The summed E-state index contributed by atoms with van der Waals surface area (Å²) >= 11 is 0. The Kier molecular flexibility index (Phi) is 4.22. The van der Waals surface area contributed by atoms with Crippen molar-refractivity contribution in [1.29, 1.82) is 0 Å². The summed E-state index contributed by atoms with van der Waals surface area (Å²) in [4.78, 5) is 14.1. The molecule has 104 valence electrons. The zero-order valence-corrected chi connectivity index (χ0v) is 11.5. The summed E-state index contributed by atoms with van der Waals surface area (Å²) in [6, 6.07) is 14.4. The van der Waals surface area contributed by atoms with Crippen LogP contribution in [0.1, 0.15) is 10.4 Å². The number of nitrogen functional groups attached to an aromatic ring is 1. The number of carbonyl (C=O) groups is 1. The summed E-state index contributed by atoms with van der Waals surface area (Å²) in [5.41, 5.74) is 4.39. The third-order valence-corrected chi connectivity index (χ3v) is 3.06. The Morgan fingerprint density at radius 1 is 1.20 bits per heavy atom. The third-order valence-electron chi connectivity index (χ3n) is 3.06. The smallest absolute Gasteiger partial charge is 0.260 e. The van der Waals surface area contributed by atoms with Crippen molar-refractivity contribution in [2.75, 3.05) is 24.5 Å². The first-order chi connectivity index (χ1) is 9.67. The molecule has 0 fully saturated rings. The van der Waals surface area contributed by atoms with Crippen molar-refractivity contribution in [2.24, 2.45) is 5.84 Å². The highest BCUT2D eigenvalue weighted by atomic mass is 16.5. The Balaban J connectivity index is 2.32. The maximum absolute atomic E-state index is 12.5. The molecule has 0 heterocycles. The van der Waals surface area contributed by atoms with E-state index >= 15 is 0 Å². The zero-order chi connectivity index (χ0) is 14.5. The number of benzene rings is 2. The molecule has 3 N–H and O–H groups in total. The molecular weight excluding hydrogens is 254 g/mol. The van der Waals surface area contributed by atoms with E-state index in [-0.39, 0.29) is 5.91 Å². The van der Waals surface area contributed by atoms with Crippen molar-refractivity contribution in [3.8, 4) is 5.75 Å². The molecule has 0 radical (unpaired) electrons. The van der Waals surface area contributed by atoms with Crippen molar-refractivity contribution in [3.05, 3.63) is 54.1 Å². The highest BCUT2D eigenvalue weighted by molar-refractivity contribution is 6.09. The number of anilines is 2. The van der Waals surface area contributed by atoms with E-state index in [9.17, 15) is 4.79 Å². The van der Waals surface area contributed by atoms with Gasteiger partial charge in [0.25, 0.3) is 5.91 Å². The maximum Gasteiger partial charge on any atom is 0.260 e. The molecule has 0 atom stereocenters. The van der Waals surface area contributed by atoms with Crippen molar-refractivity contribution >= 4 is 17.3 Å². The summed E-state index contributed by atoms with van der Waals surface area (Å²) < 4.78 is 5.17. The lowest BCUT2D eigenvalue weighted by atomic mass is 10.1. The molecule has 0 unspecified atom stereocenters. The lowest BCUT2D eigenvalue weighted by Crippen LogP contribution is -2.27. The topological polar surface area (TPSA) is 67.6 Å². The number of ether oxygens (including phenoxy) is 1. The van der Waals surface area contributed by atoms with Gasteiger partial charge in [0.15, 0.2) is 0 Å². The molecule has 0 aliphatic carbocycles. The van der Waals surface area contributed by atoms with E-state index in [4.69, 9.17) is 10.6 Å². The molecule has 0 saturated heterocycles. The molecule has 0 aromatic heterocycles. The van der Waals surface area contributed by atoms with Gasteiger partial charge in [-0.15, -0.1) is 0 Å². The predicted octanol–water partition coefficient (Wildman–Crippen LogP) is 2.26. The largest absolute Gasteiger partial charge is 0.497 e. The molecule has 0 aliphatic heterocycles. The van der Waals surface area contributed by atoms with Crippen LogP contribution in [0.25, 0.3) is 0 Å². The Morgan fingerprint density at radius 3 is 2.65 bits per heavy atom. The first kappa shape index (κ1) is 13.9. The van der Waals surface area contributed by atoms with E-state index in [2.05, 4.69) is 5.43 Å². The quantitative estimate of drug-likeness (QED) is 0.661. The van der Waals surface area contributed by atoms with E-state index in [1.165, 1.54) is 0 Å². The Labute approximate surface area is 117 Å². The molecule has 0 aliphatic rings.